The summed E-state index contributed by atoms with van der Waals surface area (Å²) in [4.78, 5) is 16.3. The van der Waals surface area contributed by atoms with Crippen molar-refractivity contribution < 1.29 is 27.5 Å². The van der Waals surface area contributed by atoms with Crippen molar-refractivity contribution >= 4 is 11.7 Å². The van der Waals surface area contributed by atoms with Crippen LogP contribution in [0.3, 0.4) is 0 Å². The average Bonchev–Trinajstić information content (AvgIpc) is 2.72. The molecule has 0 aliphatic heterocycles. The zero-order chi connectivity index (χ0) is 22.9. The Hall–Kier alpha value is -3.26. The average molecular weight is 443 g/mol. The Morgan fingerprint density at radius 1 is 1.03 bits per heavy atom. The van der Waals surface area contributed by atoms with Gasteiger partial charge in [0.15, 0.2) is 0 Å². The van der Waals surface area contributed by atoms with Gasteiger partial charge in [0.2, 0.25) is 5.91 Å². The highest BCUT2D eigenvalue weighted by Gasteiger charge is 2.40. The standard InChI is InChI=1S/C24H19F4N2O2/c25-20-13-16(5-7-19(20)23(32)9-2-10-23)17-6-8-21(29-14-17)30-22(31)12-15-3-1-4-18(11-15)24(26,27)28/h1,3-8,11,13-14H,2,9-10,12H2,(H,29,30,31). The van der Waals surface area contributed by atoms with E-state index in [4.69, 9.17) is 0 Å². The predicted octanol–water partition coefficient (Wildman–Crippen LogP) is 5.90. The van der Waals surface area contributed by atoms with E-state index in [0.717, 1.165) is 18.6 Å². The molecule has 3 aromatic rings. The van der Waals surface area contributed by atoms with Crippen LogP contribution in [0, 0.1) is 5.82 Å². The molecule has 0 saturated heterocycles. The fourth-order valence-electron chi connectivity index (χ4n) is 3.70. The van der Waals surface area contributed by atoms with Gasteiger partial charge in [-0.15, -0.1) is 0 Å². The predicted molar refractivity (Wildman–Crippen MR) is 110 cm³/mol. The van der Waals surface area contributed by atoms with E-state index in [9.17, 15) is 27.5 Å². The molecule has 1 N–H and O–H groups in total. The first-order valence-corrected chi connectivity index (χ1v) is 10.1. The number of amides is 1. The molecule has 32 heavy (non-hydrogen) atoms. The number of alkyl halides is 3. The van der Waals surface area contributed by atoms with Gasteiger partial charge in [-0.05, 0) is 54.7 Å². The molecule has 1 fully saturated rings. The maximum atomic E-state index is 14.5. The number of aromatic nitrogens is 1. The molecule has 4 nitrogen and oxygen atoms in total. The van der Waals surface area contributed by atoms with Crippen molar-refractivity contribution in [3.05, 3.63) is 83.3 Å². The molecule has 0 unspecified atom stereocenters. The molecule has 2 aromatic carbocycles. The Morgan fingerprint density at radius 2 is 1.78 bits per heavy atom. The van der Waals surface area contributed by atoms with Crippen LogP contribution in [0.25, 0.3) is 11.1 Å². The van der Waals surface area contributed by atoms with Crippen molar-refractivity contribution in [2.24, 2.45) is 0 Å². The summed E-state index contributed by atoms with van der Waals surface area (Å²) in [5.41, 5.74) is -0.604. The molecule has 0 bridgehead atoms. The molecular formula is C24H19F4N2O2. The number of nitrogens with zero attached hydrogens (tertiary/aromatic N) is 1. The maximum Gasteiger partial charge on any atom is 0.416 e. The van der Waals surface area contributed by atoms with E-state index in [-0.39, 0.29) is 23.4 Å². The second-order valence-electron chi connectivity index (χ2n) is 7.90. The van der Waals surface area contributed by atoms with Crippen LogP contribution in [0.5, 0.6) is 0 Å². The minimum atomic E-state index is -4.48. The van der Waals surface area contributed by atoms with Crippen LogP contribution in [0.15, 0.2) is 60.8 Å². The quantitative estimate of drug-likeness (QED) is 0.499. The third kappa shape index (κ3) is 4.65. The third-order valence-electron chi connectivity index (χ3n) is 5.60. The molecule has 1 saturated carbocycles. The molecule has 1 aromatic heterocycles. The van der Waals surface area contributed by atoms with Crippen molar-refractivity contribution in [1.82, 2.24) is 4.98 Å². The lowest BCUT2D eigenvalue weighted by atomic mass is 9.75. The number of pyridine rings is 1. The second kappa shape index (κ2) is 8.35. The summed E-state index contributed by atoms with van der Waals surface area (Å²) in [5, 5.41) is 15.0. The minimum absolute atomic E-state index is 0.180. The minimum Gasteiger partial charge on any atom is -0.310 e. The summed E-state index contributed by atoms with van der Waals surface area (Å²) < 4.78 is 52.9. The summed E-state index contributed by atoms with van der Waals surface area (Å²) in [6.45, 7) is 0. The topological polar surface area (TPSA) is 61.9 Å². The summed E-state index contributed by atoms with van der Waals surface area (Å²) >= 11 is 0. The fraction of sp³-hybridized carbons (Fsp3) is 0.250. The van der Waals surface area contributed by atoms with Gasteiger partial charge in [-0.1, -0.05) is 30.3 Å². The van der Waals surface area contributed by atoms with E-state index in [0.29, 0.717) is 24.0 Å². The zero-order valence-electron chi connectivity index (χ0n) is 16.9. The number of benzene rings is 2. The first-order valence-electron chi connectivity index (χ1n) is 10.1. The maximum absolute atomic E-state index is 14.5. The molecule has 0 atom stereocenters. The van der Waals surface area contributed by atoms with E-state index in [2.05, 4.69) is 10.3 Å². The molecule has 4 rings (SSSR count). The van der Waals surface area contributed by atoms with Crippen molar-refractivity contribution in [3.8, 4) is 11.1 Å². The highest BCUT2D eigenvalue weighted by Crippen LogP contribution is 2.43. The molecular weight excluding hydrogens is 424 g/mol. The van der Waals surface area contributed by atoms with Crippen molar-refractivity contribution in [3.63, 3.8) is 0 Å². The van der Waals surface area contributed by atoms with Crippen LogP contribution >= 0.6 is 0 Å². The number of anilines is 1. The van der Waals surface area contributed by atoms with E-state index in [1.807, 2.05) is 0 Å². The molecule has 1 heterocycles. The fourth-order valence-corrected chi connectivity index (χ4v) is 3.70. The number of hydrogen-bond acceptors (Lipinski definition) is 2. The normalized spacial score (nSPS) is 15.2. The Labute approximate surface area is 181 Å². The van der Waals surface area contributed by atoms with Crippen molar-refractivity contribution in [1.29, 1.82) is 0 Å². The van der Waals surface area contributed by atoms with Crippen molar-refractivity contribution in [2.75, 3.05) is 5.32 Å². The summed E-state index contributed by atoms with van der Waals surface area (Å²) in [6.07, 6.45) is -1.61. The Morgan fingerprint density at radius 3 is 2.38 bits per heavy atom. The van der Waals surface area contributed by atoms with Gasteiger partial charge >= 0.3 is 6.18 Å². The highest BCUT2D eigenvalue weighted by molar-refractivity contribution is 5.91. The zero-order valence-corrected chi connectivity index (χ0v) is 16.9. The van der Waals surface area contributed by atoms with Gasteiger partial charge in [0.1, 0.15) is 17.2 Å². The lowest BCUT2D eigenvalue weighted by Gasteiger charge is -2.34. The van der Waals surface area contributed by atoms with Gasteiger partial charge in [-0.2, -0.15) is 13.2 Å². The van der Waals surface area contributed by atoms with Crippen LogP contribution in [-0.4, -0.2) is 10.9 Å². The second-order valence-corrected chi connectivity index (χ2v) is 7.90. The van der Waals surface area contributed by atoms with Crippen molar-refractivity contribution in [2.45, 2.75) is 37.5 Å². The largest absolute Gasteiger partial charge is 0.416 e. The lowest BCUT2D eigenvalue weighted by Crippen LogP contribution is -2.33. The molecule has 1 aliphatic carbocycles. The van der Waals surface area contributed by atoms with Gasteiger partial charge in [0, 0.05) is 17.3 Å². The van der Waals surface area contributed by atoms with E-state index < -0.39 is 29.1 Å². The summed E-state index contributed by atoms with van der Waals surface area (Å²) in [5.74, 6) is -0.840. The van der Waals surface area contributed by atoms with E-state index in [1.54, 1.807) is 12.1 Å². The number of carbonyl (C=O) groups is 1. The Kier molecular flexibility index (Phi) is 5.73. The molecule has 1 radical (unpaired) electrons. The summed E-state index contributed by atoms with van der Waals surface area (Å²) in [6, 6.07) is 12.2. The molecule has 165 valence electrons. The van der Waals surface area contributed by atoms with Gasteiger partial charge < -0.3 is 5.32 Å². The Balaban J connectivity index is 1.42. The lowest BCUT2D eigenvalue weighted by molar-refractivity contribution is -0.137. The molecule has 8 heteroatoms. The van der Waals surface area contributed by atoms with E-state index in [1.165, 1.54) is 36.5 Å². The number of hydrogen-bond donors (Lipinski definition) is 1. The Bertz CT molecular complexity index is 1140. The van der Waals surface area contributed by atoms with Gasteiger partial charge in [-0.3, -0.25) is 4.79 Å². The number of halogens is 4. The van der Waals surface area contributed by atoms with Crippen LogP contribution in [0.2, 0.25) is 0 Å². The molecule has 1 aliphatic rings. The van der Waals surface area contributed by atoms with Crippen LogP contribution < -0.4 is 5.32 Å². The number of carbonyl (C=O) groups excluding carboxylic acids is 1. The SMILES string of the molecule is [O]C1(c2ccc(-c3ccc(NC(=O)Cc4cccc(C(F)(F)F)c4)nc3)cc2F)CCC1. The first-order chi connectivity index (χ1) is 15.1. The van der Waals surface area contributed by atoms with Gasteiger partial charge in [-0.25, -0.2) is 14.5 Å². The smallest absolute Gasteiger partial charge is 0.310 e. The first kappa shape index (κ1) is 22.0. The molecule has 1 amide bonds. The number of nitrogens with one attached hydrogen (secondary N) is 1. The highest BCUT2D eigenvalue weighted by atomic mass is 19.4. The van der Waals surface area contributed by atoms with Gasteiger partial charge in [0.05, 0.1) is 12.0 Å². The van der Waals surface area contributed by atoms with E-state index >= 15 is 0 Å². The monoisotopic (exact) mass is 443 g/mol. The van der Waals surface area contributed by atoms with Crippen LogP contribution in [-0.2, 0) is 28.1 Å². The van der Waals surface area contributed by atoms with Gasteiger partial charge in [0.25, 0.3) is 0 Å². The number of rotatable bonds is 5. The third-order valence-corrected chi connectivity index (χ3v) is 5.60. The molecule has 0 spiro atoms. The van der Waals surface area contributed by atoms with Crippen LogP contribution in [0.1, 0.15) is 36.0 Å². The van der Waals surface area contributed by atoms with Crippen LogP contribution in [0.4, 0.5) is 23.4 Å². The summed E-state index contributed by atoms with van der Waals surface area (Å²) in [7, 11) is 0.